The van der Waals surface area contributed by atoms with Crippen LogP contribution in [0, 0.1) is 22.9 Å². The standard InChI is InChI=1S/C14H11FN2O4/c1-8-6-10(15)3-5-11(8)16-12-4-2-9(14(18)19)7-13(12)17(20)21/h2-7,16H,1H3,(H,18,19). The largest absolute Gasteiger partial charge is 0.478 e. The van der Waals surface area contributed by atoms with E-state index in [1.807, 2.05) is 0 Å². The van der Waals surface area contributed by atoms with Crippen LogP contribution in [0.5, 0.6) is 0 Å². The second-order valence-corrected chi connectivity index (χ2v) is 4.38. The highest BCUT2D eigenvalue weighted by molar-refractivity contribution is 5.90. The first-order chi connectivity index (χ1) is 9.88. The quantitative estimate of drug-likeness (QED) is 0.664. The molecule has 0 bridgehead atoms. The van der Waals surface area contributed by atoms with Crippen LogP contribution in [0.4, 0.5) is 21.5 Å². The fourth-order valence-corrected chi connectivity index (χ4v) is 1.83. The smallest absolute Gasteiger partial charge is 0.335 e. The molecule has 0 fully saturated rings. The Balaban J connectivity index is 2.44. The van der Waals surface area contributed by atoms with Gasteiger partial charge >= 0.3 is 5.97 Å². The molecule has 0 unspecified atom stereocenters. The van der Waals surface area contributed by atoms with Crippen LogP contribution in [0.1, 0.15) is 15.9 Å². The number of nitro benzene ring substituents is 1. The van der Waals surface area contributed by atoms with E-state index in [0.29, 0.717) is 11.3 Å². The summed E-state index contributed by atoms with van der Waals surface area (Å²) in [4.78, 5) is 21.2. The number of hydrogen-bond acceptors (Lipinski definition) is 4. The summed E-state index contributed by atoms with van der Waals surface area (Å²) >= 11 is 0. The number of nitrogens with one attached hydrogen (secondary N) is 1. The summed E-state index contributed by atoms with van der Waals surface area (Å²) in [5, 5.41) is 22.7. The number of carboxylic acids is 1. The molecule has 0 spiro atoms. The van der Waals surface area contributed by atoms with Gasteiger partial charge < -0.3 is 10.4 Å². The Morgan fingerprint density at radius 3 is 2.48 bits per heavy atom. The summed E-state index contributed by atoms with van der Waals surface area (Å²) in [6.07, 6.45) is 0. The van der Waals surface area contributed by atoms with Crippen molar-refractivity contribution in [1.82, 2.24) is 0 Å². The van der Waals surface area contributed by atoms with Crippen molar-refractivity contribution in [2.45, 2.75) is 6.92 Å². The van der Waals surface area contributed by atoms with Crippen LogP contribution < -0.4 is 5.32 Å². The van der Waals surface area contributed by atoms with Gasteiger partial charge in [0.2, 0.25) is 0 Å². The topological polar surface area (TPSA) is 92.5 Å². The maximum Gasteiger partial charge on any atom is 0.335 e. The zero-order valence-corrected chi connectivity index (χ0v) is 11.0. The van der Waals surface area contributed by atoms with E-state index in [4.69, 9.17) is 5.11 Å². The van der Waals surface area contributed by atoms with E-state index >= 15 is 0 Å². The third-order valence-corrected chi connectivity index (χ3v) is 2.90. The highest BCUT2D eigenvalue weighted by Crippen LogP contribution is 2.30. The van der Waals surface area contributed by atoms with Crippen molar-refractivity contribution in [1.29, 1.82) is 0 Å². The van der Waals surface area contributed by atoms with Crippen LogP contribution in [0.3, 0.4) is 0 Å². The van der Waals surface area contributed by atoms with Crippen LogP contribution in [0.15, 0.2) is 36.4 Å². The number of halogens is 1. The van der Waals surface area contributed by atoms with Crippen LogP contribution in [0.25, 0.3) is 0 Å². The lowest BCUT2D eigenvalue weighted by Crippen LogP contribution is -2.02. The average molecular weight is 290 g/mol. The van der Waals surface area contributed by atoms with Gasteiger partial charge in [-0.25, -0.2) is 9.18 Å². The SMILES string of the molecule is Cc1cc(F)ccc1Nc1ccc(C(=O)O)cc1[N+](=O)[O-]. The molecule has 0 aliphatic rings. The first kappa shape index (κ1) is 14.4. The lowest BCUT2D eigenvalue weighted by Gasteiger charge is -2.10. The minimum Gasteiger partial charge on any atom is -0.478 e. The summed E-state index contributed by atoms with van der Waals surface area (Å²) in [6, 6.07) is 7.52. The minimum atomic E-state index is -1.25. The number of nitro groups is 1. The summed E-state index contributed by atoms with van der Waals surface area (Å²) < 4.78 is 13.0. The molecule has 0 aliphatic heterocycles. The van der Waals surface area contributed by atoms with Crippen molar-refractivity contribution in [3.63, 3.8) is 0 Å². The molecule has 7 heteroatoms. The van der Waals surface area contributed by atoms with Gasteiger partial charge in [-0.1, -0.05) is 0 Å². The molecule has 2 rings (SSSR count). The van der Waals surface area contributed by atoms with Gasteiger partial charge in [-0.15, -0.1) is 0 Å². The van der Waals surface area contributed by atoms with Crippen LogP contribution in [-0.2, 0) is 0 Å². The summed E-state index contributed by atoms with van der Waals surface area (Å²) in [7, 11) is 0. The van der Waals surface area contributed by atoms with Gasteiger partial charge in [0.15, 0.2) is 0 Å². The van der Waals surface area contributed by atoms with Crippen molar-refractivity contribution < 1.29 is 19.2 Å². The lowest BCUT2D eigenvalue weighted by molar-refractivity contribution is -0.383. The molecule has 0 amide bonds. The van der Waals surface area contributed by atoms with Gasteiger partial charge in [0.25, 0.3) is 5.69 Å². The second-order valence-electron chi connectivity index (χ2n) is 4.38. The number of benzene rings is 2. The number of carbonyl (C=O) groups is 1. The van der Waals surface area contributed by atoms with Crippen molar-refractivity contribution in [2.24, 2.45) is 0 Å². The van der Waals surface area contributed by atoms with E-state index < -0.39 is 16.7 Å². The molecule has 2 aromatic carbocycles. The molecular weight excluding hydrogens is 279 g/mol. The van der Waals surface area contributed by atoms with Gasteiger partial charge in [0, 0.05) is 11.8 Å². The van der Waals surface area contributed by atoms with Gasteiger partial charge in [-0.2, -0.15) is 0 Å². The molecule has 0 saturated heterocycles. The Kier molecular flexibility index (Phi) is 3.84. The summed E-state index contributed by atoms with van der Waals surface area (Å²) in [5.41, 5.74) is 0.676. The van der Waals surface area contributed by atoms with E-state index in [2.05, 4.69) is 5.32 Å². The number of hydrogen-bond donors (Lipinski definition) is 2. The molecular formula is C14H11FN2O4. The van der Waals surface area contributed by atoms with Gasteiger partial charge in [-0.05, 0) is 42.8 Å². The number of rotatable bonds is 4. The predicted molar refractivity (Wildman–Crippen MR) is 74.5 cm³/mol. The maximum absolute atomic E-state index is 13.0. The molecule has 21 heavy (non-hydrogen) atoms. The fourth-order valence-electron chi connectivity index (χ4n) is 1.83. The fraction of sp³-hybridized carbons (Fsp3) is 0.0714. The monoisotopic (exact) mass is 290 g/mol. The highest BCUT2D eigenvalue weighted by atomic mass is 19.1. The summed E-state index contributed by atoms with van der Waals surface area (Å²) in [5.74, 6) is -1.66. The van der Waals surface area contributed by atoms with Crippen molar-refractivity contribution >= 4 is 23.0 Å². The predicted octanol–water partition coefficient (Wildman–Crippen LogP) is 3.48. The third kappa shape index (κ3) is 3.14. The van der Waals surface area contributed by atoms with Crippen molar-refractivity contribution in [2.75, 3.05) is 5.32 Å². The maximum atomic E-state index is 13.0. The number of carboxylic acid groups (broad SMARTS) is 1. The number of nitrogens with zero attached hydrogens (tertiary/aromatic N) is 1. The minimum absolute atomic E-state index is 0.139. The average Bonchev–Trinajstić information content (AvgIpc) is 2.41. The normalized spacial score (nSPS) is 10.2. The Bertz CT molecular complexity index is 731. The van der Waals surface area contributed by atoms with E-state index in [-0.39, 0.29) is 16.9 Å². The highest BCUT2D eigenvalue weighted by Gasteiger charge is 2.17. The molecule has 2 aromatic rings. The van der Waals surface area contributed by atoms with E-state index in [0.717, 1.165) is 6.07 Å². The van der Waals surface area contributed by atoms with E-state index in [9.17, 15) is 19.3 Å². The Labute approximate surface area is 119 Å². The molecule has 2 N–H and O–H groups in total. The third-order valence-electron chi connectivity index (χ3n) is 2.90. The molecule has 0 atom stereocenters. The van der Waals surface area contributed by atoms with Crippen LogP contribution in [0.2, 0.25) is 0 Å². The Morgan fingerprint density at radius 2 is 1.90 bits per heavy atom. The number of aromatic carboxylic acids is 1. The molecule has 0 saturated carbocycles. The molecule has 0 aromatic heterocycles. The first-order valence-electron chi connectivity index (χ1n) is 5.93. The molecule has 0 radical (unpaired) electrons. The molecule has 0 aliphatic carbocycles. The van der Waals surface area contributed by atoms with E-state index in [1.54, 1.807) is 6.92 Å². The van der Waals surface area contributed by atoms with Gasteiger partial charge in [-0.3, -0.25) is 10.1 Å². The van der Waals surface area contributed by atoms with Crippen molar-refractivity contribution in [3.05, 3.63) is 63.5 Å². The second kappa shape index (κ2) is 5.58. The Hall–Kier alpha value is -2.96. The number of anilines is 2. The van der Waals surface area contributed by atoms with E-state index in [1.165, 1.54) is 30.3 Å². The molecule has 108 valence electrons. The first-order valence-corrected chi connectivity index (χ1v) is 5.93. The Morgan fingerprint density at radius 1 is 1.24 bits per heavy atom. The number of aryl methyl sites for hydroxylation is 1. The zero-order valence-electron chi connectivity index (χ0n) is 11.0. The van der Waals surface area contributed by atoms with Gasteiger partial charge in [0.1, 0.15) is 11.5 Å². The van der Waals surface area contributed by atoms with Crippen LogP contribution in [-0.4, -0.2) is 16.0 Å². The van der Waals surface area contributed by atoms with Crippen molar-refractivity contribution in [3.8, 4) is 0 Å². The zero-order chi connectivity index (χ0) is 15.6. The molecule has 6 nitrogen and oxygen atoms in total. The van der Waals surface area contributed by atoms with Crippen LogP contribution >= 0.6 is 0 Å². The van der Waals surface area contributed by atoms with Gasteiger partial charge in [0.05, 0.1) is 10.5 Å². The molecule has 0 heterocycles. The lowest BCUT2D eigenvalue weighted by atomic mass is 10.1. The summed E-state index contributed by atoms with van der Waals surface area (Å²) in [6.45, 7) is 1.66.